The lowest BCUT2D eigenvalue weighted by Gasteiger charge is -2.20. The van der Waals surface area contributed by atoms with Gasteiger partial charge in [-0.1, -0.05) is 30.0 Å². The summed E-state index contributed by atoms with van der Waals surface area (Å²) in [7, 11) is 0. The van der Waals surface area contributed by atoms with Gasteiger partial charge >= 0.3 is 5.97 Å². The van der Waals surface area contributed by atoms with Gasteiger partial charge in [-0.2, -0.15) is 0 Å². The predicted molar refractivity (Wildman–Crippen MR) is 82.6 cm³/mol. The molecule has 0 radical (unpaired) electrons. The minimum absolute atomic E-state index is 0.310. The molecule has 104 valence electrons. The third-order valence-electron chi connectivity index (χ3n) is 3.50. The first-order chi connectivity index (χ1) is 10.2. The molecule has 1 heterocycles. The Balaban J connectivity index is 2.02. The Kier molecular flexibility index (Phi) is 3.61. The van der Waals surface area contributed by atoms with Crippen molar-refractivity contribution in [2.45, 2.75) is 12.8 Å². The second kappa shape index (κ2) is 5.72. The van der Waals surface area contributed by atoms with E-state index in [2.05, 4.69) is 17.2 Å². The number of nitrogens with one attached hydrogen (secondary N) is 1. The van der Waals surface area contributed by atoms with Crippen molar-refractivity contribution in [1.29, 1.82) is 0 Å². The highest BCUT2D eigenvalue weighted by molar-refractivity contribution is 5.96. The van der Waals surface area contributed by atoms with Gasteiger partial charge in [-0.05, 0) is 42.7 Å². The number of carboxylic acid groups (broad SMARTS) is 1. The third-order valence-corrected chi connectivity index (χ3v) is 3.50. The van der Waals surface area contributed by atoms with Crippen LogP contribution >= 0.6 is 0 Å². The lowest BCUT2D eigenvalue weighted by molar-refractivity contribution is 0.0697. The molecule has 1 aliphatic rings. The first-order valence-corrected chi connectivity index (χ1v) is 6.95. The summed E-state index contributed by atoms with van der Waals surface area (Å²) >= 11 is 0. The van der Waals surface area contributed by atoms with Gasteiger partial charge in [0.15, 0.2) is 0 Å². The highest BCUT2D eigenvalue weighted by atomic mass is 16.4. The maximum absolute atomic E-state index is 11.4. The van der Waals surface area contributed by atoms with Gasteiger partial charge in [0.25, 0.3) is 0 Å². The number of hydrogen-bond donors (Lipinski definition) is 2. The van der Waals surface area contributed by atoms with E-state index < -0.39 is 5.97 Å². The topological polar surface area (TPSA) is 49.3 Å². The van der Waals surface area contributed by atoms with Crippen molar-refractivity contribution < 1.29 is 9.90 Å². The molecule has 0 aliphatic carbocycles. The zero-order valence-corrected chi connectivity index (χ0v) is 11.5. The van der Waals surface area contributed by atoms with Crippen LogP contribution in [0.25, 0.3) is 0 Å². The normalized spacial score (nSPS) is 12.6. The van der Waals surface area contributed by atoms with Crippen molar-refractivity contribution in [2.75, 3.05) is 11.9 Å². The zero-order valence-electron chi connectivity index (χ0n) is 11.5. The number of aryl methyl sites for hydroxylation is 1. The van der Waals surface area contributed by atoms with Crippen LogP contribution in [0.15, 0.2) is 42.5 Å². The van der Waals surface area contributed by atoms with Crippen LogP contribution in [-0.4, -0.2) is 17.6 Å². The minimum Gasteiger partial charge on any atom is -0.478 e. The van der Waals surface area contributed by atoms with E-state index in [0.29, 0.717) is 5.56 Å². The molecular weight excluding hydrogens is 262 g/mol. The molecule has 0 aromatic heterocycles. The summed E-state index contributed by atoms with van der Waals surface area (Å²) in [5.41, 5.74) is 3.77. The lowest BCUT2D eigenvalue weighted by Crippen LogP contribution is -2.16. The van der Waals surface area contributed by atoms with Gasteiger partial charge in [-0.3, -0.25) is 0 Å². The minimum atomic E-state index is -0.913. The van der Waals surface area contributed by atoms with Crippen LogP contribution in [0.5, 0.6) is 0 Å². The number of fused-ring (bicyclic) bond motifs is 1. The largest absolute Gasteiger partial charge is 0.478 e. The number of carbonyl (C=O) groups is 1. The monoisotopic (exact) mass is 277 g/mol. The molecule has 3 heteroatoms. The fraction of sp³-hybridized carbons (Fsp3) is 0.167. The molecule has 3 nitrogen and oxygen atoms in total. The average molecular weight is 277 g/mol. The molecular formula is C18H15NO2. The van der Waals surface area contributed by atoms with E-state index in [-0.39, 0.29) is 0 Å². The average Bonchev–Trinajstić information content (AvgIpc) is 2.53. The van der Waals surface area contributed by atoms with E-state index in [1.807, 2.05) is 36.4 Å². The van der Waals surface area contributed by atoms with Crippen LogP contribution in [0.1, 0.15) is 33.5 Å². The van der Waals surface area contributed by atoms with Crippen LogP contribution in [0.3, 0.4) is 0 Å². The van der Waals surface area contributed by atoms with Gasteiger partial charge in [0.1, 0.15) is 0 Å². The second-order valence-electron chi connectivity index (χ2n) is 5.01. The van der Waals surface area contributed by atoms with Crippen molar-refractivity contribution in [3.05, 3.63) is 64.7 Å². The third kappa shape index (κ3) is 2.90. The van der Waals surface area contributed by atoms with E-state index in [9.17, 15) is 9.90 Å². The van der Waals surface area contributed by atoms with Crippen LogP contribution in [0.4, 0.5) is 5.69 Å². The van der Waals surface area contributed by atoms with E-state index in [4.69, 9.17) is 0 Å². The van der Waals surface area contributed by atoms with E-state index >= 15 is 0 Å². The van der Waals surface area contributed by atoms with Gasteiger partial charge in [0.2, 0.25) is 0 Å². The van der Waals surface area contributed by atoms with Crippen LogP contribution in [0.2, 0.25) is 0 Å². The van der Waals surface area contributed by atoms with Gasteiger partial charge in [-0.25, -0.2) is 4.79 Å². The number of aromatic carboxylic acids is 1. The Hall–Kier alpha value is -2.73. The Morgan fingerprint density at radius 2 is 1.86 bits per heavy atom. The number of benzene rings is 2. The molecule has 0 amide bonds. The zero-order chi connectivity index (χ0) is 14.7. The molecule has 2 aromatic rings. The molecule has 0 unspecified atom stereocenters. The van der Waals surface area contributed by atoms with Crippen molar-refractivity contribution in [1.82, 2.24) is 0 Å². The maximum Gasteiger partial charge on any atom is 0.337 e. The molecule has 0 bridgehead atoms. The summed E-state index contributed by atoms with van der Waals surface area (Å²) in [6.45, 7) is 0.822. The summed E-state index contributed by atoms with van der Waals surface area (Å²) in [4.78, 5) is 11.4. The molecule has 2 aromatic carbocycles. The Labute approximate surface area is 123 Å². The number of hydrogen-bond acceptors (Lipinski definition) is 2. The lowest BCUT2D eigenvalue weighted by atomic mass is 9.96. The van der Waals surface area contributed by atoms with E-state index in [1.54, 1.807) is 6.07 Å². The molecule has 21 heavy (non-hydrogen) atoms. The molecule has 0 fully saturated rings. The SMILES string of the molecule is O=C(O)c1cc(C#Cc2ccccc2)cc2c1NCCC2. The molecule has 0 spiro atoms. The van der Waals surface area contributed by atoms with Gasteiger partial charge in [0.05, 0.1) is 11.3 Å². The van der Waals surface area contributed by atoms with Crippen LogP contribution < -0.4 is 5.32 Å². The van der Waals surface area contributed by atoms with Crippen molar-refractivity contribution in [2.24, 2.45) is 0 Å². The fourth-order valence-electron chi connectivity index (χ4n) is 2.51. The van der Waals surface area contributed by atoms with Crippen molar-refractivity contribution in [3.8, 4) is 11.8 Å². The van der Waals surface area contributed by atoms with Crippen LogP contribution in [-0.2, 0) is 6.42 Å². The summed E-state index contributed by atoms with van der Waals surface area (Å²) < 4.78 is 0. The molecule has 0 saturated heterocycles. The summed E-state index contributed by atoms with van der Waals surface area (Å²) in [6, 6.07) is 13.3. The number of carboxylic acids is 1. The Morgan fingerprint density at radius 1 is 1.10 bits per heavy atom. The van der Waals surface area contributed by atoms with Gasteiger partial charge < -0.3 is 10.4 Å². The van der Waals surface area contributed by atoms with Crippen LogP contribution in [0, 0.1) is 11.8 Å². The first-order valence-electron chi connectivity index (χ1n) is 6.95. The smallest absolute Gasteiger partial charge is 0.337 e. The number of anilines is 1. The summed E-state index contributed by atoms with van der Waals surface area (Å²) in [5, 5.41) is 12.5. The Morgan fingerprint density at radius 3 is 2.62 bits per heavy atom. The molecule has 3 rings (SSSR count). The van der Waals surface area contributed by atoms with Gasteiger partial charge in [-0.15, -0.1) is 0 Å². The standard InChI is InChI=1S/C18H15NO2/c20-18(21)16-12-14(9-8-13-5-2-1-3-6-13)11-15-7-4-10-19-17(15)16/h1-3,5-6,11-12,19H,4,7,10H2,(H,20,21). The molecule has 0 saturated carbocycles. The maximum atomic E-state index is 11.4. The Bertz CT molecular complexity index is 739. The second-order valence-corrected chi connectivity index (χ2v) is 5.01. The van der Waals surface area contributed by atoms with Gasteiger partial charge in [0, 0.05) is 17.7 Å². The summed E-state index contributed by atoms with van der Waals surface area (Å²) in [5.74, 6) is 5.22. The van der Waals surface area contributed by atoms with Crippen molar-refractivity contribution >= 4 is 11.7 Å². The molecule has 2 N–H and O–H groups in total. The highest BCUT2D eigenvalue weighted by Gasteiger charge is 2.18. The first kappa shape index (κ1) is 13.3. The van der Waals surface area contributed by atoms with E-state index in [1.165, 1.54) is 0 Å². The highest BCUT2D eigenvalue weighted by Crippen LogP contribution is 2.27. The fourth-order valence-corrected chi connectivity index (χ4v) is 2.51. The van der Waals surface area contributed by atoms with Crippen molar-refractivity contribution in [3.63, 3.8) is 0 Å². The summed E-state index contributed by atoms with van der Waals surface area (Å²) in [6.07, 6.45) is 1.91. The quantitative estimate of drug-likeness (QED) is 0.787. The molecule has 1 aliphatic heterocycles. The predicted octanol–water partition coefficient (Wildman–Crippen LogP) is 3.14. The molecule has 0 atom stereocenters. The van der Waals surface area contributed by atoms with E-state index in [0.717, 1.165) is 41.8 Å². The number of rotatable bonds is 1.